The maximum atomic E-state index is 12.5. The second-order valence-electron chi connectivity index (χ2n) is 10.9. The summed E-state index contributed by atoms with van der Waals surface area (Å²) in [5.41, 5.74) is 16.9. The number of aromatic amines is 1. The van der Waals surface area contributed by atoms with Gasteiger partial charge in [0.15, 0.2) is 5.65 Å². The van der Waals surface area contributed by atoms with Crippen molar-refractivity contribution >= 4 is 33.7 Å². The minimum Gasteiger partial charge on any atom is -0.477 e. The van der Waals surface area contributed by atoms with Crippen molar-refractivity contribution in [2.75, 3.05) is 52.1 Å². The number of carbonyl (C=O) groups excluding carboxylic acids is 1. The maximum Gasteiger partial charge on any atom is 0.253 e. The predicted octanol–water partition coefficient (Wildman–Crippen LogP) is 2.61. The summed E-state index contributed by atoms with van der Waals surface area (Å²) in [7, 11) is 2.18. The first-order valence-electron chi connectivity index (χ1n) is 12.8. The van der Waals surface area contributed by atoms with Gasteiger partial charge in [0.05, 0.1) is 29.6 Å². The SMILES string of the molecule is Cc1cc2c(C(N)=O)c(N)n(-c3c(C)ccc4[nH]ncc34)c2nc1OCC1(CN2CCN(C)CC2)CC1. The summed E-state index contributed by atoms with van der Waals surface area (Å²) in [6, 6.07) is 5.88. The van der Waals surface area contributed by atoms with Gasteiger partial charge in [0, 0.05) is 54.5 Å². The number of rotatable bonds is 7. The van der Waals surface area contributed by atoms with Gasteiger partial charge >= 0.3 is 0 Å². The third-order valence-corrected chi connectivity index (χ3v) is 8.02. The number of pyridine rings is 1. The minimum absolute atomic E-state index is 0.178. The smallest absolute Gasteiger partial charge is 0.253 e. The molecule has 194 valence electrons. The summed E-state index contributed by atoms with van der Waals surface area (Å²) >= 11 is 0. The number of nitrogens with zero attached hydrogens (tertiary/aromatic N) is 5. The van der Waals surface area contributed by atoms with E-state index in [9.17, 15) is 4.79 Å². The van der Waals surface area contributed by atoms with Crippen molar-refractivity contribution < 1.29 is 9.53 Å². The van der Waals surface area contributed by atoms with Crippen molar-refractivity contribution in [1.82, 2.24) is 29.5 Å². The van der Waals surface area contributed by atoms with Crippen LogP contribution in [0.3, 0.4) is 0 Å². The standard InChI is InChI=1S/C27H34N8O2/c1-16-4-5-20-19(13-30-32-20)22(16)35-23(28)21(24(29)36)18-12-17(2)26(31-25(18)35)37-15-27(6-7-27)14-34-10-8-33(3)9-11-34/h4-5,12-13H,6-11,14-15,28H2,1-3H3,(H2,29,36)(H,30,32). The number of aromatic nitrogens is 4. The molecule has 1 amide bonds. The lowest BCUT2D eigenvalue weighted by molar-refractivity contribution is 0.100. The molecule has 37 heavy (non-hydrogen) atoms. The van der Waals surface area contributed by atoms with Crippen LogP contribution in [0.15, 0.2) is 24.4 Å². The molecule has 4 aromatic rings. The molecule has 2 aliphatic rings. The zero-order valence-corrected chi connectivity index (χ0v) is 21.7. The van der Waals surface area contributed by atoms with Crippen LogP contribution in [0.1, 0.15) is 34.3 Å². The van der Waals surface area contributed by atoms with Crippen LogP contribution >= 0.6 is 0 Å². The minimum atomic E-state index is -0.586. The molecule has 0 bridgehead atoms. The molecular weight excluding hydrogens is 468 g/mol. The van der Waals surface area contributed by atoms with Gasteiger partial charge in [-0.05, 0) is 51.4 Å². The van der Waals surface area contributed by atoms with Crippen LogP contribution in [0.4, 0.5) is 5.82 Å². The molecule has 10 heteroatoms. The van der Waals surface area contributed by atoms with Crippen molar-refractivity contribution in [1.29, 1.82) is 0 Å². The monoisotopic (exact) mass is 502 g/mol. The van der Waals surface area contributed by atoms with E-state index in [1.54, 1.807) is 6.20 Å². The van der Waals surface area contributed by atoms with E-state index in [2.05, 4.69) is 27.0 Å². The normalized spacial score (nSPS) is 18.0. The zero-order chi connectivity index (χ0) is 25.9. The van der Waals surface area contributed by atoms with Crippen molar-refractivity contribution in [3.8, 4) is 11.6 Å². The maximum absolute atomic E-state index is 12.5. The van der Waals surface area contributed by atoms with Gasteiger partial charge in [-0.3, -0.25) is 14.5 Å². The number of primary amides is 1. The Bertz CT molecular complexity index is 1510. The van der Waals surface area contributed by atoms with Gasteiger partial charge in [-0.15, -0.1) is 0 Å². The summed E-state index contributed by atoms with van der Waals surface area (Å²) in [5, 5.41) is 8.71. The van der Waals surface area contributed by atoms with E-state index in [-0.39, 0.29) is 16.8 Å². The highest BCUT2D eigenvalue weighted by Crippen LogP contribution is 2.47. The number of carbonyl (C=O) groups is 1. The number of nitrogen functional groups attached to an aromatic ring is 1. The first-order valence-corrected chi connectivity index (χ1v) is 12.8. The zero-order valence-electron chi connectivity index (χ0n) is 21.7. The molecule has 6 rings (SSSR count). The largest absolute Gasteiger partial charge is 0.477 e. The Morgan fingerprint density at radius 3 is 2.59 bits per heavy atom. The number of benzene rings is 1. The van der Waals surface area contributed by atoms with Crippen molar-refractivity contribution in [3.05, 3.63) is 41.1 Å². The van der Waals surface area contributed by atoms with E-state index in [0.29, 0.717) is 23.5 Å². The summed E-state index contributed by atoms with van der Waals surface area (Å²) in [5.74, 6) is 0.235. The van der Waals surface area contributed by atoms with Crippen LogP contribution in [0.2, 0.25) is 0 Å². The molecule has 0 unspecified atom stereocenters. The number of H-pyrrole nitrogens is 1. The van der Waals surface area contributed by atoms with Crippen LogP contribution in [0.25, 0.3) is 27.6 Å². The van der Waals surface area contributed by atoms with Gasteiger partial charge in [-0.25, -0.2) is 0 Å². The molecule has 0 spiro atoms. The Kier molecular flexibility index (Phi) is 5.61. The molecule has 1 aliphatic carbocycles. The molecule has 5 N–H and O–H groups in total. The fraction of sp³-hybridized carbons (Fsp3) is 0.444. The topological polar surface area (TPSA) is 131 Å². The van der Waals surface area contributed by atoms with E-state index >= 15 is 0 Å². The van der Waals surface area contributed by atoms with Crippen molar-refractivity contribution in [2.45, 2.75) is 26.7 Å². The number of aryl methyl sites for hydroxylation is 2. The molecule has 0 radical (unpaired) electrons. The first kappa shape index (κ1) is 23.7. The van der Waals surface area contributed by atoms with E-state index in [1.165, 1.54) is 0 Å². The second-order valence-corrected chi connectivity index (χ2v) is 10.9. The summed E-state index contributed by atoms with van der Waals surface area (Å²) in [6.45, 7) is 10.0. The van der Waals surface area contributed by atoms with Crippen LogP contribution in [0.5, 0.6) is 5.88 Å². The third-order valence-electron chi connectivity index (χ3n) is 8.02. The molecule has 10 nitrogen and oxygen atoms in total. The second kappa shape index (κ2) is 8.74. The molecule has 1 saturated carbocycles. The Hall–Kier alpha value is -3.63. The van der Waals surface area contributed by atoms with Gasteiger partial charge < -0.3 is 26.0 Å². The molecule has 1 aliphatic heterocycles. The summed E-state index contributed by atoms with van der Waals surface area (Å²) in [4.78, 5) is 22.4. The number of amides is 1. The molecule has 4 heterocycles. The highest BCUT2D eigenvalue weighted by molar-refractivity contribution is 6.11. The average molecular weight is 503 g/mol. The number of piperazine rings is 1. The number of hydrogen-bond donors (Lipinski definition) is 3. The lowest BCUT2D eigenvalue weighted by Crippen LogP contribution is -2.47. The predicted molar refractivity (Wildman–Crippen MR) is 144 cm³/mol. The number of hydrogen-bond acceptors (Lipinski definition) is 7. The quantitative estimate of drug-likeness (QED) is 0.354. The molecular formula is C27H34N8O2. The highest BCUT2D eigenvalue weighted by atomic mass is 16.5. The number of likely N-dealkylation sites (N-methyl/N-ethyl adjacent to an activating group) is 1. The van der Waals surface area contributed by atoms with Crippen LogP contribution < -0.4 is 16.2 Å². The Balaban J connectivity index is 1.38. The van der Waals surface area contributed by atoms with E-state index in [4.69, 9.17) is 21.2 Å². The van der Waals surface area contributed by atoms with Gasteiger partial charge in [-0.2, -0.15) is 10.1 Å². The number of nitrogens with one attached hydrogen (secondary N) is 1. The fourth-order valence-corrected chi connectivity index (χ4v) is 5.57. The van der Waals surface area contributed by atoms with Crippen LogP contribution in [-0.2, 0) is 0 Å². The number of nitrogens with two attached hydrogens (primary N) is 2. The average Bonchev–Trinajstić information content (AvgIpc) is 3.34. The first-order chi connectivity index (χ1) is 17.8. The van der Waals surface area contributed by atoms with Gasteiger partial charge in [-0.1, -0.05) is 6.07 Å². The Morgan fingerprint density at radius 1 is 1.14 bits per heavy atom. The summed E-state index contributed by atoms with van der Waals surface area (Å²) < 4.78 is 8.21. The molecule has 1 aromatic carbocycles. The fourth-order valence-electron chi connectivity index (χ4n) is 5.57. The van der Waals surface area contributed by atoms with Crippen molar-refractivity contribution in [2.24, 2.45) is 11.1 Å². The Morgan fingerprint density at radius 2 is 1.89 bits per heavy atom. The lowest BCUT2D eigenvalue weighted by Gasteiger charge is -2.34. The molecule has 3 aromatic heterocycles. The van der Waals surface area contributed by atoms with Crippen LogP contribution in [-0.4, -0.2) is 81.8 Å². The van der Waals surface area contributed by atoms with Gasteiger partial charge in [0.25, 0.3) is 5.91 Å². The lowest BCUT2D eigenvalue weighted by atomic mass is 10.1. The molecule has 0 atom stereocenters. The third kappa shape index (κ3) is 4.10. The number of anilines is 1. The van der Waals surface area contributed by atoms with Gasteiger partial charge in [0.1, 0.15) is 5.82 Å². The van der Waals surface area contributed by atoms with Gasteiger partial charge in [0.2, 0.25) is 5.88 Å². The number of ether oxygens (including phenoxy) is 1. The molecule has 2 fully saturated rings. The van der Waals surface area contributed by atoms with E-state index < -0.39 is 5.91 Å². The van der Waals surface area contributed by atoms with Crippen LogP contribution in [0, 0.1) is 19.3 Å². The number of fused-ring (bicyclic) bond motifs is 2. The molecule has 1 saturated heterocycles. The Labute approximate surface area is 215 Å². The van der Waals surface area contributed by atoms with E-state index in [0.717, 1.165) is 73.3 Å². The van der Waals surface area contributed by atoms with E-state index in [1.807, 2.05) is 36.6 Å². The highest BCUT2D eigenvalue weighted by Gasteiger charge is 2.45. The summed E-state index contributed by atoms with van der Waals surface area (Å²) in [6.07, 6.45) is 4.09. The van der Waals surface area contributed by atoms with Crippen molar-refractivity contribution in [3.63, 3.8) is 0 Å².